The molecule has 1 heterocycles. The molecule has 1 aliphatic heterocycles. The minimum absolute atomic E-state index is 0.0182. The molecule has 5 heteroatoms. The zero-order valence-corrected chi connectivity index (χ0v) is 14.7. The average molecular weight is 332 g/mol. The van der Waals surface area contributed by atoms with Crippen LogP contribution in [0.3, 0.4) is 0 Å². The van der Waals surface area contributed by atoms with Gasteiger partial charge in [0.15, 0.2) is 0 Å². The first-order valence-corrected chi connectivity index (χ1v) is 8.93. The molecule has 5 nitrogen and oxygen atoms in total. The predicted octanol–water partition coefficient (Wildman–Crippen LogP) is 3.31. The van der Waals surface area contributed by atoms with Crippen LogP contribution in [-0.2, 0) is 9.53 Å². The van der Waals surface area contributed by atoms with Crippen LogP contribution < -0.4 is 5.32 Å². The van der Waals surface area contributed by atoms with Crippen molar-refractivity contribution >= 4 is 17.5 Å². The normalized spacial score (nSPS) is 15.1. The number of hydrogen-bond donors (Lipinski definition) is 1. The van der Waals surface area contributed by atoms with Crippen LogP contribution in [0, 0.1) is 5.92 Å². The minimum Gasteiger partial charge on any atom is -0.381 e. The van der Waals surface area contributed by atoms with Gasteiger partial charge < -0.3 is 15.0 Å². The SMILES string of the molecule is CCCN(CCC)C(=O)c1ccc(NC(=O)C2CCOCC2)cc1. The molecule has 2 amide bonds. The number of nitrogens with one attached hydrogen (secondary N) is 1. The van der Waals surface area contributed by atoms with E-state index in [9.17, 15) is 9.59 Å². The van der Waals surface area contributed by atoms with Crippen molar-refractivity contribution in [3.63, 3.8) is 0 Å². The second-order valence-corrected chi connectivity index (χ2v) is 6.25. The van der Waals surface area contributed by atoms with Gasteiger partial charge in [0.05, 0.1) is 0 Å². The van der Waals surface area contributed by atoms with Crippen LogP contribution >= 0.6 is 0 Å². The van der Waals surface area contributed by atoms with E-state index in [-0.39, 0.29) is 17.7 Å². The van der Waals surface area contributed by atoms with Gasteiger partial charge in [-0.25, -0.2) is 0 Å². The van der Waals surface area contributed by atoms with Crippen molar-refractivity contribution in [1.29, 1.82) is 0 Å². The number of benzene rings is 1. The fraction of sp³-hybridized carbons (Fsp3) is 0.579. The summed E-state index contributed by atoms with van der Waals surface area (Å²) in [5, 5.41) is 2.94. The van der Waals surface area contributed by atoms with Crippen LogP contribution in [0.4, 0.5) is 5.69 Å². The highest BCUT2D eigenvalue weighted by molar-refractivity contribution is 5.96. The quantitative estimate of drug-likeness (QED) is 0.833. The molecule has 1 fully saturated rings. The first kappa shape index (κ1) is 18.5. The molecule has 1 N–H and O–H groups in total. The Kier molecular flexibility index (Phi) is 7.25. The van der Waals surface area contributed by atoms with E-state index in [2.05, 4.69) is 19.2 Å². The summed E-state index contributed by atoms with van der Waals surface area (Å²) in [5.41, 5.74) is 1.40. The van der Waals surface area contributed by atoms with E-state index in [1.165, 1.54) is 0 Å². The molecule has 0 radical (unpaired) electrons. The lowest BCUT2D eigenvalue weighted by Crippen LogP contribution is -2.32. The van der Waals surface area contributed by atoms with Crippen molar-refractivity contribution in [3.05, 3.63) is 29.8 Å². The first-order valence-electron chi connectivity index (χ1n) is 8.93. The molecule has 0 atom stereocenters. The van der Waals surface area contributed by atoms with Crippen molar-refractivity contribution in [3.8, 4) is 0 Å². The number of anilines is 1. The second kappa shape index (κ2) is 9.42. The Balaban J connectivity index is 1.96. The van der Waals surface area contributed by atoms with Gasteiger partial charge in [0.1, 0.15) is 0 Å². The zero-order chi connectivity index (χ0) is 17.4. The third-order valence-corrected chi connectivity index (χ3v) is 4.27. The molecule has 0 bridgehead atoms. The van der Waals surface area contributed by atoms with Gasteiger partial charge in [-0.1, -0.05) is 13.8 Å². The molecule has 1 aromatic carbocycles. The third kappa shape index (κ3) is 5.06. The Hall–Kier alpha value is -1.88. The van der Waals surface area contributed by atoms with Crippen LogP contribution in [0.1, 0.15) is 49.9 Å². The van der Waals surface area contributed by atoms with Gasteiger partial charge in [-0.2, -0.15) is 0 Å². The summed E-state index contributed by atoms with van der Waals surface area (Å²) < 4.78 is 5.28. The van der Waals surface area contributed by atoms with Gasteiger partial charge in [-0.15, -0.1) is 0 Å². The molecule has 0 aliphatic carbocycles. The van der Waals surface area contributed by atoms with E-state index in [1.807, 2.05) is 4.90 Å². The summed E-state index contributed by atoms with van der Waals surface area (Å²) in [6.45, 7) is 6.99. The lowest BCUT2D eigenvalue weighted by molar-refractivity contribution is -0.122. The smallest absolute Gasteiger partial charge is 0.253 e. The summed E-state index contributed by atoms with van der Waals surface area (Å²) in [4.78, 5) is 26.6. The highest BCUT2D eigenvalue weighted by Gasteiger charge is 2.21. The fourth-order valence-corrected chi connectivity index (χ4v) is 2.94. The first-order chi connectivity index (χ1) is 11.7. The van der Waals surface area contributed by atoms with E-state index in [1.54, 1.807) is 24.3 Å². The Morgan fingerprint density at radius 3 is 2.21 bits per heavy atom. The van der Waals surface area contributed by atoms with Crippen molar-refractivity contribution in [2.24, 2.45) is 5.92 Å². The highest BCUT2D eigenvalue weighted by atomic mass is 16.5. The molecule has 1 saturated heterocycles. The summed E-state index contributed by atoms with van der Waals surface area (Å²) >= 11 is 0. The summed E-state index contributed by atoms with van der Waals surface area (Å²) in [6.07, 6.45) is 3.44. The molecule has 1 aliphatic rings. The van der Waals surface area contributed by atoms with Gasteiger partial charge in [-0.3, -0.25) is 9.59 Å². The van der Waals surface area contributed by atoms with Crippen LogP contribution in [0.5, 0.6) is 0 Å². The van der Waals surface area contributed by atoms with Gasteiger partial charge >= 0.3 is 0 Å². The number of ether oxygens (including phenoxy) is 1. The van der Waals surface area contributed by atoms with Crippen molar-refractivity contribution in [2.45, 2.75) is 39.5 Å². The molecule has 1 aromatic rings. The topological polar surface area (TPSA) is 58.6 Å². The van der Waals surface area contributed by atoms with Crippen molar-refractivity contribution < 1.29 is 14.3 Å². The van der Waals surface area contributed by atoms with E-state index in [4.69, 9.17) is 4.74 Å². The molecular formula is C19H28N2O3. The molecule has 24 heavy (non-hydrogen) atoms. The number of amides is 2. The standard InChI is InChI=1S/C19H28N2O3/c1-3-11-21(12-4-2)19(23)16-5-7-17(8-6-16)20-18(22)15-9-13-24-14-10-15/h5-8,15H,3-4,9-14H2,1-2H3,(H,20,22). The summed E-state index contributed by atoms with van der Waals surface area (Å²) in [5.74, 6) is 0.113. The molecular weight excluding hydrogens is 304 g/mol. The minimum atomic E-state index is 0.0182. The summed E-state index contributed by atoms with van der Waals surface area (Å²) in [7, 11) is 0. The molecule has 0 aromatic heterocycles. The van der Waals surface area contributed by atoms with E-state index < -0.39 is 0 Å². The maximum Gasteiger partial charge on any atom is 0.253 e. The number of carbonyl (C=O) groups is 2. The summed E-state index contributed by atoms with van der Waals surface area (Å²) in [6, 6.07) is 7.20. The Labute approximate surface area is 144 Å². The second-order valence-electron chi connectivity index (χ2n) is 6.25. The highest BCUT2D eigenvalue weighted by Crippen LogP contribution is 2.18. The van der Waals surface area contributed by atoms with Crippen LogP contribution in [0.25, 0.3) is 0 Å². The van der Waals surface area contributed by atoms with Gasteiger partial charge in [0.25, 0.3) is 5.91 Å². The van der Waals surface area contributed by atoms with E-state index >= 15 is 0 Å². The largest absolute Gasteiger partial charge is 0.381 e. The van der Waals surface area contributed by atoms with Gasteiger partial charge in [0, 0.05) is 43.5 Å². The zero-order valence-electron chi connectivity index (χ0n) is 14.7. The molecule has 0 spiro atoms. The number of nitrogens with zero attached hydrogens (tertiary/aromatic N) is 1. The number of carbonyl (C=O) groups excluding carboxylic acids is 2. The lowest BCUT2D eigenvalue weighted by Gasteiger charge is -2.22. The maximum absolute atomic E-state index is 12.5. The molecule has 0 saturated carbocycles. The maximum atomic E-state index is 12.5. The molecule has 2 rings (SSSR count). The van der Waals surface area contributed by atoms with Gasteiger partial charge in [-0.05, 0) is 49.9 Å². The monoisotopic (exact) mass is 332 g/mol. The number of hydrogen-bond acceptors (Lipinski definition) is 3. The Morgan fingerprint density at radius 1 is 1.08 bits per heavy atom. The third-order valence-electron chi connectivity index (χ3n) is 4.27. The lowest BCUT2D eigenvalue weighted by atomic mass is 9.99. The fourth-order valence-electron chi connectivity index (χ4n) is 2.94. The van der Waals surface area contributed by atoms with Gasteiger partial charge in [0.2, 0.25) is 5.91 Å². The average Bonchev–Trinajstić information content (AvgIpc) is 2.62. The van der Waals surface area contributed by atoms with Crippen molar-refractivity contribution in [2.75, 3.05) is 31.6 Å². The molecule has 132 valence electrons. The molecule has 0 unspecified atom stereocenters. The van der Waals surface area contributed by atoms with Crippen LogP contribution in [-0.4, -0.2) is 43.0 Å². The Morgan fingerprint density at radius 2 is 1.67 bits per heavy atom. The number of rotatable bonds is 7. The van der Waals surface area contributed by atoms with Crippen molar-refractivity contribution in [1.82, 2.24) is 4.90 Å². The van der Waals surface area contributed by atoms with E-state index in [0.717, 1.165) is 44.5 Å². The predicted molar refractivity (Wildman–Crippen MR) is 95.1 cm³/mol. The van der Waals surface area contributed by atoms with E-state index in [0.29, 0.717) is 18.8 Å². The Bertz CT molecular complexity index is 530. The van der Waals surface area contributed by atoms with Crippen LogP contribution in [0.15, 0.2) is 24.3 Å². The van der Waals surface area contributed by atoms with Crippen LogP contribution in [0.2, 0.25) is 0 Å².